The van der Waals surface area contributed by atoms with Crippen LogP contribution in [0, 0.1) is 12.8 Å². The maximum atomic E-state index is 11.3. The molecule has 1 aliphatic carbocycles. The van der Waals surface area contributed by atoms with Crippen molar-refractivity contribution in [1.82, 2.24) is 0 Å². The van der Waals surface area contributed by atoms with Crippen LogP contribution in [0.1, 0.15) is 45.4 Å². The van der Waals surface area contributed by atoms with Gasteiger partial charge in [0.05, 0.1) is 11.6 Å². The summed E-state index contributed by atoms with van der Waals surface area (Å²) < 4.78 is 0. The van der Waals surface area contributed by atoms with Crippen molar-refractivity contribution in [3.63, 3.8) is 0 Å². The highest BCUT2D eigenvalue weighted by atomic mass is 16.4. The van der Waals surface area contributed by atoms with Crippen molar-refractivity contribution in [3.8, 4) is 0 Å². The van der Waals surface area contributed by atoms with Crippen LogP contribution < -0.4 is 5.32 Å². The number of allylic oxidation sites excluding steroid dienone is 2. The Morgan fingerprint density at radius 2 is 1.96 bits per heavy atom. The average molecular weight is 305 g/mol. The topological polar surface area (TPSA) is 49.3 Å². The van der Waals surface area contributed by atoms with E-state index >= 15 is 0 Å². The average Bonchev–Trinajstić information content (AvgIpc) is 3.04. The third kappa shape index (κ3) is 2.33. The Kier molecular flexibility index (Phi) is 3.22. The summed E-state index contributed by atoms with van der Waals surface area (Å²) in [4.78, 5) is 11.3. The Morgan fingerprint density at radius 1 is 1.17 bits per heavy atom. The quantitative estimate of drug-likeness (QED) is 0.802. The number of aromatic carboxylic acids is 1. The largest absolute Gasteiger partial charge is 0.478 e. The summed E-state index contributed by atoms with van der Waals surface area (Å²) >= 11 is 0. The number of carbonyl (C=O) groups is 1. The molecular weight excluding hydrogens is 286 g/mol. The fourth-order valence-electron chi connectivity index (χ4n) is 3.83. The van der Waals surface area contributed by atoms with E-state index in [9.17, 15) is 9.90 Å². The van der Waals surface area contributed by atoms with Crippen molar-refractivity contribution in [2.24, 2.45) is 5.92 Å². The van der Waals surface area contributed by atoms with E-state index in [1.807, 2.05) is 12.1 Å². The van der Waals surface area contributed by atoms with Gasteiger partial charge in [0.25, 0.3) is 0 Å². The van der Waals surface area contributed by atoms with E-state index in [1.54, 1.807) is 6.07 Å². The maximum Gasteiger partial charge on any atom is 0.335 e. The Balaban J connectivity index is 1.77. The van der Waals surface area contributed by atoms with E-state index < -0.39 is 5.97 Å². The molecule has 2 aliphatic rings. The third-order valence-electron chi connectivity index (χ3n) is 5.05. The zero-order chi connectivity index (χ0) is 16.0. The first-order valence-corrected chi connectivity index (χ1v) is 8.00. The van der Waals surface area contributed by atoms with Gasteiger partial charge < -0.3 is 10.4 Å². The Morgan fingerprint density at radius 3 is 2.70 bits per heavy atom. The predicted molar refractivity (Wildman–Crippen MR) is 90.9 cm³/mol. The molecule has 3 nitrogen and oxygen atoms in total. The molecule has 3 atom stereocenters. The summed E-state index contributed by atoms with van der Waals surface area (Å²) in [6.07, 6.45) is 5.48. The van der Waals surface area contributed by atoms with Crippen molar-refractivity contribution in [1.29, 1.82) is 0 Å². The van der Waals surface area contributed by atoms with Crippen LogP contribution in [0.2, 0.25) is 0 Å². The predicted octanol–water partition coefficient (Wildman–Crippen LogP) is 4.52. The van der Waals surface area contributed by atoms with Crippen LogP contribution in [0.25, 0.3) is 0 Å². The highest BCUT2D eigenvalue weighted by Gasteiger charge is 2.38. The monoisotopic (exact) mass is 305 g/mol. The number of aryl methyl sites for hydroxylation is 1. The number of rotatable bonds is 2. The molecule has 0 saturated heterocycles. The molecule has 0 radical (unpaired) electrons. The lowest BCUT2D eigenvalue weighted by Crippen LogP contribution is -2.29. The number of hydrogen-bond donors (Lipinski definition) is 2. The summed E-state index contributed by atoms with van der Waals surface area (Å²) in [5, 5.41) is 12.9. The second-order valence-electron chi connectivity index (χ2n) is 6.49. The first-order chi connectivity index (χ1) is 11.1. The Hall–Kier alpha value is -2.55. The second kappa shape index (κ2) is 5.27. The molecule has 0 spiro atoms. The van der Waals surface area contributed by atoms with Gasteiger partial charge >= 0.3 is 5.97 Å². The third-order valence-corrected chi connectivity index (χ3v) is 5.05. The molecule has 0 fully saturated rings. The van der Waals surface area contributed by atoms with Crippen molar-refractivity contribution in [2.75, 3.05) is 5.32 Å². The first kappa shape index (κ1) is 14.1. The number of carboxylic acid groups (broad SMARTS) is 1. The minimum Gasteiger partial charge on any atom is -0.478 e. The smallest absolute Gasteiger partial charge is 0.335 e. The number of fused-ring (bicyclic) bond motifs is 3. The molecule has 2 unspecified atom stereocenters. The molecule has 3 heteroatoms. The van der Waals surface area contributed by atoms with Crippen molar-refractivity contribution >= 4 is 11.7 Å². The zero-order valence-electron chi connectivity index (χ0n) is 13.0. The summed E-state index contributed by atoms with van der Waals surface area (Å²) in [7, 11) is 0. The molecule has 0 aromatic heterocycles. The standard InChI is InChI=1S/C20H19NO2/c1-12-5-7-13(8-6-12)19-16-4-2-3-15(16)17-11-14(20(22)23)9-10-18(17)21-19/h2-3,5-11,15-16,19,21H,4H2,1H3,(H,22,23)/t15?,16?,19-/m1/s1. The number of hydrogen-bond acceptors (Lipinski definition) is 2. The first-order valence-electron chi connectivity index (χ1n) is 8.00. The van der Waals surface area contributed by atoms with E-state index in [-0.39, 0.29) is 12.0 Å². The minimum atomic E-state index is -0.869. The molecule has 23 heavy (non-hydrogen) atoms. The van der Waals surface area contributed by atoms with Crippen LogP contribution in [0.15, 0.2) is 54.6 Å². The fourth-order valence-corrected chi connectivity index (χ4v) is 3.83. The second-order valence-corrected chi connectivity index (χ2v) is 6.49. The van der Waals surface area contributed by atoms with Crippen molar-refractivity contribution < 1.29 is 9.90 Å². The molecule has 2 aromatic rings. The number of carboxylic acids is 1. The van der Waals surface area contributed by atoms with Gasteiger partial charge in [-0.1, -0.05) is 42.0 Å². The zero-order valence-corrected chi connectivity index (χ0v) is 13.0. The van der Waals surface area contributed by atoms with Crippen molar-refractivity contribution in [2.45, 2.75) is 25.3 Å². The molecule has 2 aromatic carbocycles. The normalized spacial score (nSPS) is 24.7. The van der Waals surface area contributed by atoms with Crippen LogP contribution in [0.4, 0.5) is 5.69 Å². The van der Waals surface area contributed by atoms with E-state index in [0.717, 1.165) is 17.7 Å². The molecule has 4 rings (SSSR count). The van der Waals surface area contributed by atoms with Crippen LogP contribution >= 0.6 is 0 Å². The summed E-state index contributed by atoms with van der Waals surface area (Å²) in [6, 6.07) is 14.4. The molecule has 0 bridgehead atoms. The van der Waals surface area contributed by atoms with Gasteiger partial charge in [-0.15, -0.1) is 0 Å². The van der Waals surface area contributed by atoms with E-state index in [2.05, 4.69) is 48.7 Å². The SMILES string of the molecule is Cc1ccc([C@H]2Nc3ccc(C(=O)O)cc3C3C=CCC32)cc1. The van der Waals surface area contributed by atoms with Gasteiger partial charge in [0.1, 0.15) is 0 Å². The molecule has 2 N–H and O–H groups in total. The molecule has 1 aliphatic heterocycles. The number of nitrogens with one attached hydrogen (secondary N) is 1. The van der Waals surface area contributed by atoms with E-state index in [1.165, 1.54) is 11.1 Å². The number of benzene rings is 2. The van der Waals surface area contributed by atoms with E-state index in [4.69, 9.17) is 0 Å². The van der Waals surface area contributed by atoms with Gasteiger partial charge in [-0.05, 0) is 48.6 Å². The molecular formula is C20H19NO2. The Labute approximate surface area is 135 Å². The number of anilines is 1. The lowest BCUT2D eigenvalue weighted by molar-refractivity contribution is 0.0696. The maximum absolute atomic E-state index is 11.3. The van der Waals surface area contributed by atoms with Crippen LogP contribution in [-0.2, 0) is 0 Å². The van der Waals surface area contributed by atoms with Crippen LogP contribution in [-0.4, -0.2) is 11.1 Å². The van der Waals surface area contributed by atoms with Gasteiger partial charge in [0.2, 0.25) is 0 Å². The summed E-state index contributed by atoms with van der Waals surface area (Å²) in [5.41, 5.74) is 5.07. The highest BCUT2D eigenvalue weighted by Crippen LogP contribution is 2.49. The van der Waals surface area contributed by atoms with Gasteiger partial charge in [-0.25, -0.2) is 4.79 Å². The lowest BCUT2D eigenvalue weighted by atomic mass is 9.76. The van der Waals surface area contributed by atoms with Gasteiger partial charge in [0.15, 0.2) is 0 Å². The fraction of sp³-hybridized carbons (Fsp3) is 0.250. The van der Waals surface area contributed by atoms with Crippen molar-refractivity contribution in [3.05, 3.63) is 76.9 Å². The molecule has 0 saturated carbocycles. The van der Waals surface area contributed by atoms with Gasteiger partial charge in [-0.3, -0.25) is 0 Å². The molecule has 0 amide bonds. The van der Waals surface area contributed by atoms with Crippen LogP contribution in [0.3, 0.4) is 0 Å². The van der Waals surface area contributed by atoms with E-state index in [0.29, 0.717) is 11.5 Å². The van der Waals surface area contributed by atoms with Gasteiger partial charge in [0, 0.05) is 11.6 Å². The highest BCUT2D eigenvalue weighted by molar-refractivity contribution is 5.89. The van der Waals surface area contributed by atoms with Crippen LogP contribution in [0.5, 0.6) is 0 Å². The van der Waals surface area contributed by atoms with Gasteiger partial charge in [-0.2, -0.15) is 0 Å². The molecule has 1 heterocycles. The lowest BCUT2D eigenvalue weighted by Gasteiger charge is -2.37. The molecule has 116 valence electrons. The Bertz CT molecular complexity index is 792. The minimum absolute atomic E-state index is 0.263. The summed E-state index contributed by atoms with van der Waals surface area (Å²) in [6.45, 7) is 2.10. The summed E-state index contributed by atoms with van der Waals surface area (Å²) in [5.74, 6) is -0.141.